The van der Waals surface area contributed by atoms with Gasteiger partial charge in [0.1, 0.15) is 0 Å². The highest BCUT2D eigenvalue weighted by atomic mass is 32.2. The molecule has 1 fully saturated rings. The molecule has 21 heavy (non-hydrogen) atoms. The molecule has 0 spiro atoms. The van der Waals surface area contributed by atoms with Gasteiger partial charge in [-0.1, -0.05) is 25.1 Å². The van der Waals surface area contributed by atoms with Crippen LogP contribution in [0.15, 0.2) is 29.2 Å². The highest BCUT2D eigenvalue weighted by Crippen LogP contribution is 2.17. The third-order valence-corrected chi connectivity index (χ3v) is 5.53. The van der Waals surface area contributed by atoms with Crippen molar-refractivity contribution >= 4 is 10.0 Å². The quantitative estimate of drug-likeness (QED) is 0.793. The molecule has 1 heterocycles. The van der Waals surface area contributed by atoms with E-state index in [-0.39, 0.29) is 0 Å². The van der Waals surface area contributed by atoms with Crippen molar-refractivity contribution in [3.63, 3.8) is 0 Å². The third-order valence-electron chi connectivity index (χ3n) is 4.01. The lowest BCUT2D eigenvalue weighted by molar-refractivity contribution is 0.311. The second-order valence-corrected chi connectivity index (χ2v) is 7.25. The summed E-state index contributed by atoms with van der Waals surface area (Å²) >= 11 is 0. The topological polar surface area (TPSA) is 61.4 Å². The van der Waals surface area contributed by atoms with Crippen LogP contribution >= 0.6 is 0 Å². The van der Waals surface area contributed by atoms with Gasteiger partial charge in [-0.3, -0.25) is 0 Å². The fourth-order valence-electron chi connectivity index (χ4n) is 2.69. The first-order valence-corrected chi connectivity index (χ1v) is 9.01. The zero-order valence-electron chi connectivity index (χ0n) is 12.8. The van der Waals surface area contributed by atoms with E-state index in [2.05, 4.69) is 14.9 Å². The van der Waals surface area contributed by atoms with Crippen LogP contribution in [0.4, 0.5) is 0 Å². The van der Waals surface area contributed by atoms with Gasteiger partial charge in [0.05, 0.1) is 4.90 Å². The van der Waals surface area contributed by atoms with E-state index in [1.54, 1.807) is 12.1 Å². The zero-order valence-corrected chi connectivity index (χ0v) is 13.6. The van der Waals surface area contributed by atoms with Crippen LogP contribution in [-0.4, -0.2) is 46.0 Å². The predicted molar refractivity (Wildman–Crippen MR) is 84.7 cm³/mol. The van der Waals surface area contributed by atoms with E-state index >= 15 is 0 Å². The van der Waals surface area contributed by atoms with E-state index < -0.39 is 10.0 Å². The number of nitrogens with zero attached hydrogens (tertiary/aromatic N) is 1. The molecule has 0 radical (unpaired) electrons. The van der Waals surface area contributed by atoms with E-state index in [1.165, 1.54) is 0 Å². The minimum Gasteiger partial charge on any atom is -0.313 e. The Kier molecular flexibility index (Phi) is 5.75. The fourth-order valence-corrected chi connectivity index (χ4v) is 4.00. The highest BCUT2D eigenvalue weighted by Gasteiger charge is 2.24. The van der Waals surface area contributed by atoms with Gasteiger partial charge in [-0.2, -0.15) is 0 Å². The largest absolute Gasteiger partial charge is 0.313 e. The number of sulfonamides is 1. The van der Waals surface area contributed by atoms with Gasteiger partial charge in [0.2, 0.25) is 10.0 Å². The average Bonchev–Trinajstić information content (AvgIpc) is 2.89. The van der Waals surface area contributed by atoms with E-state index in [1.807, 2.05) is 26.1 Å². The van der Waals surface area contributed by atoms with Crippen LogP contribution in [0.1, 0.15) is 25.3 Å². The van der Waals surface area contributed by atoms with Gasteiger partial charge in [0, 0.05) is 19.1 Å². The molecule has 0 aliphatic carbocycles. The monoisotopic (exact) mass is 311 g/mol. The molecule has 118 valence electrons. The summed E-state index contributed by atoms with van der Waals surface area (Å²) in [6.07, 6.45) is 2.19. The number of nitrogens with one attached hydrogen (secondary N) is 2. The van der Waals surface area contributed by atoms with Gasteiger partial charge in [-0.25, -0.2) is 13.1 Å². The molecule has 0 saturated carbocycles. The van der Waals surface area contributed by atoms with Gasteiger partial charge in [0.15, 0.2) is 0 Å². The minimum atomic E-state index is -3.45. The lowest BCUT2D eigenvalue weighted by Gasteiger charge is -2.20. The summed E-state index contributed by atoms with van der Waals surface area (Å²) in [6.45, 7) is 4.91. The number of rotatable bonds is 7. The lowest BCUT2D eigenvalue weighted by atomic mass is 10.2. The van der Waals surface area contributed by atoms with Crippen LogP contribution in [0.2, 0.25) is 0 Å². The first-order valence-electron chi connectivity index (χ1n) is 7.53. The van der Waals surface area contributed by atoms with E-state index in [4.69, 9.17) is 0 Å². The second kappa shape index (κ2) is 7.35. The van der Waals surface area contributed by atoms with Crippen molar-refractivity contribution in [2.45, 2.75) is 37.2 Å². The molecule has 2 N–H and O–H groups in total. The summed E-state index contributed by atoms with van der Waals surface area (Å²) in [6, 6.07) is 7.48. The summed E-state index contributed by atoms with van der Waals surface area (Å²) in [7, 11) is -1.40. The van der Waals surface area contributed by atoms with Crippen molar-refractivity contribution in [2.75, 3.05) is 26.7 Å². The SMILES string of the molecule is CCNCc1ccccc1S(=O)(=O)NCC1CCCN1C. The Morgan fingerprint density at radius 3 is 2.76 bits per heavy atom. The van der Waals surface area contributed by atoms with Crippen molar-refractivity contribution in [3.05, 3.63) is 29.8 Å². The Balaban J connectivity index is 2.08. The fraction of sp³-hybridized carbons (Fsp3) is 0.600. The van der Waals surface area contributed by atoms with Gasteiger partial charge in [0.25, 0.3) is 0 Å². The second-order valence-electron chi connectivity index (χ2n) is 5.52. The van der Waals surface area contributed by atoms with Gasteiger partial charge in [-0.05, 0) is 44.6 Å². The molecule has 0 amide bonds. The third kappa shape index (κ3) is 4.26. The molecule has 1 unspecified atom stereocenters. The molecule has 0 bridgehead atoms. The molecule has 2 rings (SSSR count). The summed E-state index contributed by atoms with van der Waals surface area (Å²) in [5.41, 5.74) is 0.812. The maximum atomic E-state index is 12.5. The summed E-state index contributed by atoms with van der Waals surface area (Å²) in [4.78, 5) is 2.60. The van der Waals surface area contributed by atoms with Gasteiger partial charge >= 0.3 is 0 Å². The first kappa shape index (κ1) is 16.4. The number of hydrogen-bond donors (Lipinski definition) is 2. The lowest BCUT2D eigenvalue weighted by Crippen LogP contribution is -2.38. The molecule has 1 aliphatic heterocycles. The molecular formula is C15H25N3O2S. The van der Waals surface area contributed by atoms with Crippen LogP contribution in [0.25, 0.3) is 0 Å². The Labute approximate surface area is 127 Å². The Bertz CT molecular complexity index is 560. The van der Waals surface area contributed by atoms with Crippen molar-refractivity contribution in [3.8, 4) is 0 Å². The molecule has 1 aromatic carbocycles. The molecule has 1 aliphatic rings. The number of likely N-dealkylation sites (tertiary alicyclic amines) is 1. The molecule has 5 nitrogen and oxygen atoms in total. The van der Waals surface area contributed by atoms with E-state index in [0.29, 0.717) is 24.0 Å². The standard InChI is InChI=1S/C15H25N3O2S/c1-3-16-11-13-7-4-5-9-15(13)21(19,20)17-12-14-8-6-10-18(14)2/h4-5,7,9,14,16-17H,3,6,8,10-12H2,1-2H3. The normalized spacial score (nSPS) is 20.0. The molecule has 1 aromatic rings. The minimum absolute atomic E-state index is 0.306. The first-order chi connectivity index (χ1) is 10.0. The van der Waals surface area contributed by atoms with Crippen molar-refractivity contribution in [1.29, 1.82) is 0 Å². The van der Waals surface area contributed by atoms with Gasteiger partial charge < -0.3 is 10.2 Å². The van der Waals surface area contributed by atoms with Crippen LogP contribution in [-0.2, 0) is 16.6 Å². The van der Waals surface area contributed by atoms with Crippen molar-refractivity contribution in [1.82, 2.24) is 14.9 Å². The van der Waals surface area contributed by atoms with Crippen LogP contribution in [0, 0.1) is 0 Å². The van der Waals surface area contributed by atoms with E-state index in [9.17, 15) is 8.42 Å². The maximum Gasteiger partial charge on any atom is 0.240 e. The molecule has 0 aromatic heterocycles. The number of likely N-dealkylation sites (N-methyl/N-ethyl adjacent to an activating group) is 1. The number of hydrogen-bond acceptors (Lipinski definition) is 4. The Morgan fingerprint density at radius 2 is 2.10 bits per heavy atom. The summed E-state index contributed by atoms with van der Waals surface area (Å²) in [5, 5.41) is 3.18. The van der Waals surface area contributed by atoms with E-state index in [0.717, 1.165) is 31.5 Å². The predicted octanol–water partition coefficient (Wildman–Crippen LogP) is 1.17. The summed E-state index contributed by atoms with van der Waals surface area (Å²) < 4.78 is 27.8. The molecule has 1 atom stereocenters. The van der Waals surface area contributed by atoms with Crippen molar-refractivity contribution < 1.29 is 8.42 Å². The highest BCUT2D eigenvalue weighted by molar-refractivity contribution is 7.89. The van der Waals surface area contributed by atoms with Gasteiger partial charge in [-0.15, -0.1) is 0 Å². The van der Waals surface area contributed by atoms with Crippen LogP contribution in [0.5, 0.6) is 0 Å². The number of benzene rings is 1. The molecule has 6 heteroatoms. The Morgan fingerprint density at radius 1 is 1.33 bits per heavy atom. The average molecular weight is 311 g/mol. The zero-order chi connectivity index (χ0) is 15.3. The summed E-state index contributed by atoms with van der Waals surface area (Å²) in [5.74, 6) is 0. The van der Waals surface area contributed by atoms with Crippen LogP contribution < -0.4 is 10.0 Å². The maximum absolute atomic E-state index is 12.5. The molecular weight excluding hydrogens is 286 g/mol. The smallest absolute Gasteiger partial charge is 0.240 e. The van der Waals surface area contributed by atoms with Crippen molar-refractivity contribution in [2.24, 2.45) is 0 Å². The van der Waals surface area contributed by atoms with Crippen LogP contribution in [0.3, 0.4) is 0 Å². The molecule has 1 saturated heterocycles. The Hall–Kier alpha value is -0.950.